The summed E-state index contributed by atoms with van der Waals surface area (Å²) in [7, 11) is 0. The van der Waals surface area contributed by atoms with Crippen molar-refractivity contribution in [3.8, 4) is 17.1 Å². The minimum Gasteiger partial charge on any atom is -0.494 e. The molecule has 0 aliphatic carbocycles. The number of hydrogen-bond acceptors (Lipinski definition) is 6. The highest BCUT2D eigenvalue weighted by Crippen LogP contribution is 2.21. The van der Waals surface area contributed by atoms with Gasteiger partial charge in [-0.15, -0.1) is 5.10 Å². The highest BCUT2D eigenvalue weighted by Gasteiger charge is 2.12. The predicted molar refractivity (Wildman–Crippen MR) is 114 cm³/mol. The van der Waals surface area contributed by atoms with Gasteiger partial charge in [0.2, 0.25) is 4.96 Å². The van der Waals surface area contributed by atoms with E-state index in [1.54, 1.807) is 6.08 Å². The van der Waals surface area contributed by atoms with Gasteiger partial charge in [-0.25, -0.2) is 0 Å². The van der Waals surface area contributed by atoms with Crippen molar-refractivity contribution in [2.75, 3.05) is 6.61 Å². The molecule has 6 nitrogen and oxygen atoms in total. The lowest BCUT2D eigenvalue weighted by Crippen LogP contribution is -2.23. The Morgan fingerprint density at radius 2 is 1.97 bits per heavy atom. The number of aryl methyl sites for hydroxylation is 1. The van der Waals surface area contributed by atoms with E-state index in [1.165, 1.54) is 35.1 Å². The van der Waals surface area contributed by atoms with Crippen molar-refractivity contribution in [1.29, 1.82) is 0 Å². The summed E-state index contributed by atoms with van der Waals surface area (Å²) in [5.41, 5.74) is 0.663. The Morgan fingerprint density at radius 3 is 2.66 bits per heavy atom. The fraction of sp³-hybridized carbons (Fsp3) is 0.318. The molecule has 0 fully saturated rings. The number of aromatic nitrogens is 3. The Labute approximate surface area is 172 Å². The van der Waals surface area contributed by atoms with Crippen molar-refractivity contribution < 1.29 is 9.15 Å². The first-order valence-corrected chi connectivity index (χ1v) is 10.7. The van der Waals surface area contributed by atoms with Crippen LogP contribution in [0.3, 0.4) is 0 Å². The van der Waals surface area contributed by atoms with Gasteiger partial charge in [0, 0.05) is 11.6 Å². The van der Waals surface area contributed by atoms with E-state index in [-0.39, 0.29) is 5.56 Å². The number of thiazole rings is 1. The fourth-order valence-electron chi connectivity index (χ4n) is 3.04. The Balaban J connectivity index is 1.50. The first-order chi connectivity index (χ1) is 14.1. The molecule has 0 unspecified atom stereocenters. The van der Waals surface area contributed by atoms with Crippen molar-refractivity contribution in [2.24, 2.45) is 0 Å². The molecular weight excluding hydrogens is 386 g/mol. The van der Waals surface area contributed by atoms with Gasteiger partial charge in [-0.1, -0.05) is 37.5 Å². The maximum atomic E-state index is 12.6. The van der Waals surface area contributed by atoms with Gasteiger partial charge in [0.25, 0.3) is 5.56 Å². The maximum Gasteiger partial charge on any atom is 0.291 e. The van der Waals surface area contributed by atoms with E-state index in [2.05, 4.69) is 17.0 Å². The van der Waals surface area contributed by atoms with Crippen LogP contribution in [0.2, 0.25) is 0 Å². The van der Waals surface area contributed by atoms with Crippen LogP contribution in [0.4, 0.5) is 0 Å². The molecule has 1 aromatic carbocycles. The summed E-state index contributed by atoms with van der Waals surface area (Å²) in [5.74, 6) is 2.82. The highest BCUT2D eigenvalue weighted by molar-refractivity contribution is 7.15. The van der Waals surface area contributed by atoms with E-state index < -0.39 is 0 Å². The van der Waals surface area contributed by atoms with E-state index in [9.17, 15) is 4.79 Å². The number of unbranched alkanes of at least 4 members (excludes halogenated alkanes) is 3. The third-order valence-corrected chi connectivity index (χ3v) is 5.55. The van der Waals surface area contributed by atoms with Gasteiger partial charge in [0.1, 0.15) is 21.8 Å². The molecule has 0 N–H and O–H groups in total. The number of fused-ring (bicyclic) bond motifs is 1. The topological polar surface area (TPSA) is 69.6 Å². The lowest BCUT2D eigenvalue weighted by molar-refractivity contribution is 0.305. The summed E-state index contributed by atoms with van der Waals surface area (Å²) < 4.78 is 13.2. The Morgan fingerprint density at radius 1 is 1.14 bits per heavy atom. The second-order valence-electron chi connectivity index (χ2n) is 6.93. The zero-order valence-corrected chi connectivity index (χ0v) is 17.4. The standard InChI is InChI=1S/C22H23N3O3S/c1-3-4-5-6-13-27-17-11-8-16(9-12-17)20-23-22-25(24-20)21(26)19(29-22)14-18-10-7-15(2)28-18/h7-12,14H,3-6,13H2,1-2H3/b19-14-. The van der Waals surface area contributed by atoms with Gasteiger partial charge in [0.05, 0.1) is 6.61 Å². The van der Waals surface area contributed by atoms with Crippen LogP contribution in [-0.4, -0.2) is 21.2 Å². The molecule has 4 rings (SSSR count). The van der Waals surface area contributed by atoms with E-state index in [0.717, 1.165) is 30.1 Å². The number of ether oxygens (including phenoxy) is 1. The lowest BCUT2D eigenvalue weighted by atomic mass is 10.2. The molecule has 150 valence electrons. The third-order valence-electron chi connectivity index (χ3n) is 4.60. The average Bonchev–Trinajstić information content (AvgIpc) is 3.40. The zero-order valence-electron chi connectivity index (χ0n) is 16.6. The van der Waals surface area contributed by atoms with Gasteiger partial charge in [0.15, 0.2) is 5.82 Å². The Bertz CT molecular complexity index is 1200. The Hall–Kier alpha value is -2.93. The molecule has 0 saturated carbocycles. The summed E-state index contributed by atoms with van der Waals surface area (Å²) in [4.78, 5) is 17.7. The van der Waals surface area contributed by atoms with Crippen LogP contribution in [-0.2, 0) is 0 Å². The number of rotatable bonds is 8. The smallest absolute Gasteiger partial charge is 0.291 e. The van der Waals surface area contributed by atoms with Crippen LogP contribution >= 0.6 is 11.3 Å². The van der Waals surface area contributed by atoms with E-state index in [4.69, 9.17) is 9.15 Å². The molecule has 0 atom stereocenters. The maximum absolute atomic E-state index is 12.6. The van der Waals surface area contributed by atoms with Crippen molar-refractivity contribution in [3.63, 3.8) is 0 Å². The second kappa shape index (κ2) is 8.61. The molecule has 0 amide bonds. The summed E-state index contributed by atoms with van der Waals surface area (Å²) in [6.45, 7) is 4.79. The van der Waals surface area contributed by atoms with Crippen LogP contribution in [0.25, 0.3) is 22.4 Å². The quantitative estimate of drug-likeness (QED) is 0.408. The number of nitrogens with zero attached hydrogens (tertiary/aromatic N) is 3. The van der Waals surface area contributed by atoms with Gasteiger partial charge >= 0.3 is 0 Å². The van der Waals surface area contributed by atoms with Crippen LogP contribution in [0, 0.1) is 6.92 Å². The normalized spacial score (nSPS) is 12.1. The van der Waals surface area contributed by atoms with Crippen LogP contribution in [0.5, 0.6) is 5.75 Å². The molecule has 3 aromatic heterocycles. The molecule has 4 aromatic rings. The summed E-state index contributed by atoms with van der Waals surface area (Å²) in [6.07, 6.45) is 6.45. The molecule has 0 aliphatic heterocycles. The molecule has 0 bridgehead atoms. The largest absolute Gasteiger partial charge is 0.494 e. The zero-order chi connectivity index (χ0) is 20.2. The van der Waals surface area contributed by atoms with Crippen molar-refractivity contribution in [2.45, 2.75) is 39.5 Å². The minimum absolute atomic E-state index is 0.190. The molecular formula is C22H23N3O3S. The summed E-state index contributed by atoms with van der Waals surface area (Å²) in [5, 5.41) is 4.39. The van der Waals surface area contributed by atoms with Crippen LogP contribution in [0.1, 0.15) is 44.1 Å². The molecule has 0 radical (unpaired) electrons. The molecule has 0 saturated heterocycles. The SMILES string of the molecule is CCCCCCOc1ccc(-c2nc3s/c(=C\c4ccc(C)o4)c(=O)n3n2)cc1. The minimum atomic E-state index is -0.190. The van der Waals surface area contributed by atoms with Crippen LogP contribution < -0.4 is 14.8 Å². The van der Waals surface area contributed by atoms with Gasteiger partial charge in [-0.2, -0.15) is 9.50 Å². The van der Waals surface area contributed by atoms with Crippen LogP contribution in [0.15, 0.2) is 45.6 Å². The molecule has 0 aliphatic rings. The molecule has 0 spiro atoms. The van der Waals surface area contributed by atoms with Crippen molar-refractivity contribution in [1.82, 2.24) is 14.6 Å². The second-order valence-corrected chi connectivity index (χ2v) is 7.94. The average molecular weight is 410 g/mol. The molecule has 29 heavy (non-hydrogen) atoms. The third kappa shape index (κ3) is 4.40. The number of furan rings is 1. The molecule has 3 heterocycles. The monoisotopic (exact) mass is 409 g/mol. The number of hydrogen-bond donors (Lipinski definition) is 0. The lowest BCUT2D eigenvalue weighted by Gasteiger charge is -2.06. The van der Waals surface area contributed by atoms with Gasteiger partial charge in [-0.3, -0.25) is 4.79 Å². The first kappa shape index (κ1) is 19.4. The van der Waals surface area contributed by atoms with E-state index >= 15 is 0 Å². The van der Waals surface area contributed by atoms with Gasteiger partial charge < -0.3 is 9.15 Å². The summed E-state index contributed by atoms with van der Waals surface area (Å²) >= 11 is 1.30. The fourth-order valence-corrected chi connectivity index (χ4v) is 3.92. The van der Waals surface area contributed by atoms with Crippen molar-refractivity contribution in [3.05, 3.63) is 62.8 Å². The van der Waals surface area contributed by atoms with Crippen molar-refractivity contribution >= 4 is 22.4 Å². The predicted octanol–water partition coefficient (Wildman–Crippen LogP) is 4.23. The van der Waals surface area contributed by atoms with Gasteiger partial charge in [-0.05, 0) is 49.7 Å². The highest BCUT2D eigenvalue weighted by atomic mass is 32.1. The number of benzene rings is 1. The Kier molecular flexibility index (Phi) is 5.76. The van der Waals surface area contributed by atoms with E-state index in [0.29, 0.717) is 21.1 Å². The summed E-state index contributed by atoms with van der Waals surface area (Å²) in [6, 6.07) is 11.4. The first-order valence-electron chi connectivity index (χ1n) is 9.85. The van der Waals surface area contributed by atoms with E-state index in [1.807, 2.05) is 43.3 Å². The molecule has 7 heteroatoms.